The van der Waals surface area contributed by atoms with Gasteiger partial charge in [0.05, 0.1) is 17.9 Å². The number of aromatic nitrogens is 3. The van der Waals surface area contributed by atoms with Crippen molar-refractivity contribution in [1.29, 1.82) is 0 Å². The van der Waals surface area contributed by atoms with Crippen LogP contribution in [0.3, 0.4) is 0 Å². The molecule has 3 aromatic rings. The fourth-order valence-corrected chi connectivity index (χ4v) is 4.40. The van der Waals surface area contributed by atoms with Crippen LogP contribution in [0.15, 0.2) is 30.7 Å². The molecule has 5 heterocycles. The topological polar surface area (TPSA) is 69.8 Å². The number of aryl methyl sites for hydroxylation is 1. The van der Waals surface area contributed by atoms with Gasteiger partial charge in [-0.15, -0.1) is 0 Å². The first kappa shape index (κ1) is 18.2. The molecular formula is C22H26N4O3. The largest absolute Gasteiger partial charge is 0.491 e. The Morgan fingerprint density at radius 2 is 2.21 bits per heavy atom. The predicted octanol–water partition coefficient (Wildman–Crippen LogP) is 3.63. The maximum absolute atomic E-state index is 13.0. The number of carbonyl (C=O) groups excluding carboxylic acids is 1. The van der Waals surface area contributed by atoms with Gasteiger partial charge in [0.2, 0.25) is 0 Å². The van der Waals surface area contributed by atoms with E-state index in [2.05, 4.69) is 16.1 Å². The number of pyridine rings is 1. The summed E-state index contributed by atoms with van der Waals surface area (Å²) in [6.45, 7) is 5.02. The highest BCUT2D eigenvalue weighted by atomic mass is 16.5. The molecule has 5 rings (SSSR count). The molecular weight excluding hydrogens is 368 g/mol. The molecule has 152 valence electrons. The smallest absolute Gasteiger partial charge is 0.257 e. The monoisotopic (exact) mass is 394 g/mol. The molecule has 1 fully saturated rings. The Balaban J connectivity index is 1.46. The summed E-state index contributed by atoms with van der Waals surface area (Å²) in [6.07, 6.45) is 9.99. The van der Waals surface area contributed by atoms with E-state index in [4.69, 9.17) is 14.5 Å². The standard InChI is InChI=1S/C22H26N4O3/c1-2-29-20-12-21-23-17(15-6-10-28-11-7-15)13-26(21)14-18(20)24-22(27)16-5-9-25-8-3-4-19(16)25/h5,9,12-15H,2-4,6-8,10-11H2,1H3,(H,24,27). The van der Waals surface area contributed by atoms with E-state index in [0.717, 1.165) is 68.0 Å². The van der Waals surface area contributed by atoms with Gasteiger partial charge in [-0.05, 0) is 38.7 Å². The third-order valence-electron chi connectivity index (χ3n) is 5.90. The first-order valence-corrected chi connectivity index (χ1v) is 10.5. The third-order valence-corrected chi connectivity index (χ3v) is 5.90. The summed E-state index contributed by atoms with van der Waals surface area (Å²) in [5, 5.41) is 3.06. The Morgan fingerprint density at radius 3 is 3.03 bits per heavy atom. The van der Waals surface area contributed by atoms with Gasteiger partial charge in [0, 0.05) is 56.0 Å². The van der Waals surface area contributed by atoms with Crippen LogP contribution in [0.25, 0.3) is 5.65 Å². The zero-order valence-corrected chi connectivity index (χ0v) is 16.7. The van der Waals surface area contributed by atoms with Gasteiger partial charge in [-0.25, -0.2) is 4.98 Å². The van der Waals surface area contributed by atoms with Crippen molar-refractivity contribution in [3.8, 4) is 5.75 Å². The maximum atomic E-state index is 13.0. The van der Waals surface area contributed by atoms with Gasteiger partial charge in [-0.3, -0.25) is 4.79 Å². The fraction of sp³-hybridized carbons (Fsp3) is 0.455. The summed E-state index contributed by atoms with van der Waals surface area (Å²) < 4.78 is 15.4. The van der Waals surface area contributed by atoms with Crippen molar-refractivity contribution in [2.75, 3.05) is 25.1 Å². The van der Waals surface area contributed by atoms with E-state index in [-0.39, 0.29) is 5.91 Å². The third kappa shape index (κ3) is 3.40. The van der Waals surface area contributed by atoms with E-state index in [1.54, 1.807) is 0 Å². The maximum Gasteiger partial charge on any atom is 0.257 e. The van der Waals surface area contributed by atoms with E-state index < -0.39 is 0 Å². The van der Waals surface area contributed by atoms with Crippen LogP contribution in [-0.4, -0.2) is 39.7 Å². The number of imidazole rings is 1. The molecule has 1 saturated heterocycles. The van der Waals surface area contributed by atoms with Crippen molar-refractivity contribution in [2.45, 2.75) is 45.1 Å². The molecule has 0 atom stereocenters. The lowest BCUT2D eigenvalue weighted by molar-refractivity contribution is 0.0846. The van der Waals surface area contributed by atoms with Gasteiger partial charge in [-0.1, -0.05) is 0 Å². The fourth-order valence-electron chi connectivity index (χ4n) is 4.40. The average molecular weight is 394 g/mol. The van der Waals surface area contributed by atoms with Gasteiger partial charge in [0.15, 0.2) is 0 Å². The molecule has 0 aliphatic carbocycles. The van der Waals surface area contributed by atoms with Gasteiger partial charge >= 0.3 is 0 Å². The Hall–Kier alpha value is -2.80. The number of fused-ring (bicyclic) bond motifs is 2. The number of hydrogen-bond acceptors (Lipinski definition) is 4. The number of nitrogens with one attached hydrogen (secondary N) is 1. The molecule has 29 heavy (non-hydrogen) atoms. The van der Waals surface area contributed by atoms with E-state index >= 15 is 0 Å². The van der Waals surface area contributed by atoms with E-state index in [0.29, 0.717) is 24.0 Å². The number of nitrogens with zero attached hydrogens (tertiary/aromatic N) is 3. The zero-order chi connectivity index (χ0) is 19.8. The minimum atomic E-state index is -0.0919. The lowest BCUT2D eigenvalue weighted by Crippen LogP contribution is -2.14. The molecule has 0 unspecified atom stereocenters. The first-order chi connectivity index (χ1) is 14.2. The van der Waals surface area contributed by atoms with Crippen LogP contribution in [0.1, 0.15) is 53.8 Å². The van der Waals surface area contributed by atoms with Crippen LogP contribution >= 0.6 is 0 Å². The first-order valence-electron chi connectivity index (χ1n) is 10.5. The molecule has 2 aliphatic rings. The highest BCUT2D eigenvalue weighted by Crippen LogP contribution is 2.31. The number of ether oxygens (including phenoxy) is 2. The second-order valence-electron chi connectivity index (χ2n) is 7.73. The summed E-state index contributed by atoms with van der Waals surface area (Å²) in [7, 11) is 0. The number of amides is 1. The zero-order valence-electron chi connectivity index (χ0n) is 16.7. The van der Waals surface area contributed by atoms with Crippen LogP contribution in [-0.2, 0) is 17.7 Å². The molecule has 0 radical (unpaired) electrons. The minimum Gasteiger partial charge on any atom is -0.491 e. The molecule has 0 saturated carbocycles. The SMILES string of the molecule is CCOc1cc2nc(C3CCOCC3)cn2cc1NC(=O)c1ccn2c1CCC2. The molecule has 1 N–H and O–H groups in total. The normalized spacial score (nSPS) is 16.9. The predicted molar refractivity (Wildman–Crippen MR) is 110 cm³/mol. The second-order valence-corrected chi connectivity index (χ2v) is 7.73. The lowest BCUT2D eigenvalue weighted by Gasteiger charge is -2.19. The molecule has 0 aromatic carbocycles. The Morgan fingerprint density at radius 1 is 1.34 bits per heavy atom. The van der Waals surface area contributed by atoms with Crippen molar-refractivity contribution >= 4 is 17.2 Å². The summed E-state index contributed by atoms with van der Waals surface area (Å²) in [4.78, 5) is 17.8. The summed E-state index contributed by atoms with van der Waals surface area (Å²) in [5.74, 6) is 0.972. The number of carbonyl (C=O) groups is 1. The van der Waals surface area contributed by atoms with E-state index in [9.17, 15) is 4.79 Å². The van der Waals surface area contributed by atoms with Crippen molar-refractivity contribution in [3.05, 3.63) is 47.7 Å². The van der Waals surface area contributed by atoms with Crippen LogP contribution in [0.5, 0.6) is 5.75 Å². The molecule has 0 spiro atoms. The quantitative estimate of drug-likeness (QED) is 0.717. The number of anilines is 1. The highest BCUT2D eigenvalue weighted by molar-refractivity contribution is 6.06. The molecule has 0 bridgehead atoms. The minimum absolute atomic E-state index is 0.0919. The molecule has 1 amide bonds. The number of rotatable bonds is 5. The van der Waals surface area contributed by atoms with Gasteiger partial charge in [0.25, 0.3) is 5.91 Å². The summed E-state index contributed by atoms with van der Waals surface area (Å²) in [5.41, 5.74) is 4.44. The molecule has 7 nitrogen and oxygen atoms in total. The van der Waals surface area contributed by atoms with E-state index in [1.165, 1.54) is 0 Å². The van der Waals surface area contributed by atoms with Crippen LogP contribution in [0.4, 0.5) is 5.69 Å². The van der Waals surface area contributed by atoms with Crippen LogP contribution in [0, 0.1) is 0 Å². The second kappa shape index (κ2) is 7.55. The van der Waals surface area contributed by atoms with Gasteiger partial charge < -0.3 is 23.8 Å². The van der Waals surface area contributed by atoms with Crippen LogP contribution < -0.4 is 10.1 Å². The number of hydrogen-bond donors (Lipinski definition) is 1. The lowest BCUT2D eigenvalue weighted by atomic mass is 9.97. The highest BCUT2D eigenvalue weighted by Gasteiger charge is 2.22. The van der Waals surface area contributed by atoms with E-state index in [1.807, 2.05) is 35.9 Å². The average Bonchev–Trinajstić information content (AvgIpc) is 3.44. The van der Waals surface area contributed by atoms with Crippen molar-refractivity contribution in [2.24, 2.45) is 0 Å². The van der Waals surface area contributed by atoms with Crippen LogP contribution in [0.2, 0.25) is 0 Å². The summed E-state index contributed by atoms with van der Waals surface area (Å²) in [6, 6.07) is 3.81. The van der Waals surface area contributed by atoms with Crippen molar-refractivity contribution < 1.29 is 14.3 Å². The molecule has 3 aromatic heterocycles. The van der Waals surface area contributed by atoms with Gasteiger partial charge in [0.1, 0.15) is 17.1 Å². The van der Waals surface area contributed by atoms with Crippen molar-refractivity contribution in [3.63, 3.8) is 0 Å². The van der Waals surface area contributed by atoms with Crippen molar-refractivity contribution in [1.82, 2.24) is 14.0 Å². The van der Waals surface area contributed by atoms with Gasteiger partial charge in [-0.2, -0.15) is 0 Å². The Labute approximate surface area is 169 Å². The molecule has 7 heteroatoms. The Bertz CT molecular complexity index is 1050. The Kier molecular flexibility index (Phi) is 4.75. The summed E-state index contributed by atoms with van der Waals surface area (Å²) >= 11 is 0. The molecule has 2 aliphatic heterocycles.